The Hall–Kier alpha value is -8.88. The van der Waals surface area contributed by atoms with Gasteiger partial charge in [0.25, 0.3) is 0 Å². The highest BCUT2D eigenvalue weighted by atomic mass is 16.7. The molecule has 0 bridgehead atoms. The molecule has 37 nitrogen and oxygen atoms in total. The summed E-state index contributed by atoms with van der Waals surface area (Å²) in [7, 11) is 0. The second-order valence-corrected chi connectivity index (χ2v) is 13.4. The van der Waals surface area contributed by atoms with E-state index >= 15 is 0 Å². The van der Waals surface area contributed by atoms with Crippen LogP contribution in [0.5, 0.6) is 29.4 Å². The molecule has 0 aliphatic heterocycles. The van der Waals surface area contributed by atoms with Crippen LogP contribution in [-0.4, -0.2) is 153 Å². The predicted octanol–water partition coefficient (Wildman–Crippen LogP) is -3.60. The molecule has 0 atom stereocenters. The molecule has 0 fully saturated rings. The van der Waals surface area contributed by atoms with Gasteiger partial charge in [-0.15, -0.1) is 0 Å². The molecular formula is C38H71N25O12. The number of aliphatic hydroxyl groups is 2. The van der Waals surface area contributed by atoms with Crippen LogP contribution >= 0.6 is 0 Å². The Balaban J connectivity index is 0.000000469. The van der Waals surface area contributed by atoms with Gasteiger partial charge in [-0.3, -0.25) is 0 Å². The van der Waals surface area contributed by atoms with Crippen molar-refractivity contribution in [2.45, 2.75) is 27.2 Å². The largest absolute Gasteiger partial charge is 0.476 e. The molecule has 0 saturated carbocycles. The predicted molar refractivity (Wildman–Crippen MR) is 279 cm³/mol. The fraction of sp³-hybridized carbons (Fsp3) is 0.474. The quantitative estimate of drug-likeness (QED) is 0.0198. The molecule has 0 aliphatic rings. The second kappa shape index (κ2) is 36.1. The van der Waals surface area contributed by atoms with Crippen LogP contribution in [0.15, 0.2) is 0 Å². The first kappa shape index (κ1) is 64.1. The van der Waals surface area contributed by atoms with Gasteiger partial charge in [0.05, 0.1) is 33.0 Å². The molecule has 32 N–H and O–H groups in total. The van der Waals surface area contributed by atoms with Crippen molar-refractivity contribution in [1.82, 2.24) is 49.8 Å². The van der Waals surface area contributed by atoms with E-state index in [4.69, 9.17) is 139 Å². The molecule has 420 valence electrons. The standard InChI is InChI=1S/C9H17N5O2.C8H15N5O3.C8H15N5O2.C7H13N5O2.C6H11N5O3/c1-2-15-4-3-5-16-8-6(10)7(11)13-9(12)14-8;9-5-6(10)12-8(11)13-7(5)16-4-3-15-2-1-14;1-2-14-3-4-15-7-5(9)6(10)12-8(11)13-7;1-2-13-3-14-6-4(8)5(9)11-7(10)12-6;7-3-4(8)10-6(9)11-5(3)14-2-13-1-12/h2-5,10H2,1H3,(H4,11,12,13,14);14H,1-4,9H2,(H4,10,11,12,13);2-4,9H2,1H3,(H4,10,11,12,13);2-3,8H2,1H3,(H4,9,10,11,12);12H,1-2,7H2,(H4,8,9,10,11). The van der Waals surface area contributed by atoms with E-state index in [0.29, 0.717) is 52.9 Å². The number of hydrogen-bond acceptors (Lipinski definition) is 37. The number of ether oxygens (including phenoxy) is 10. The lowest BCUT2D eigenvalue weighted by molar-refractivity contribution is -0.0664. The van der Waals surface area contributed by atoms with Crippen LogP contribution in [0.4, 0.5) is 87.3 Å². The molecule has 5 aromatic rings. The van der Waals surface area contributed by atoms with Gasteiger partial charge in [0.1, 0.15) is 48.4 Å². The van der Waals surface area contributed by atoms with Gasteiger partial charge in [0.15, 0.2) is 42.7 Å². The monoisotopic (exact) mass is 1070 g/mol. The third-order valence-corrected chi connectivity index (χ3v) is 7.89. The Morgan fingerprint density at radius 1 is 0.307 bits per heavy atom. The lowest BCUT2D eigenvalue weighted by Gasteiger charge is -2.09. The van der Waals surface area contributed by atoms with Crippen molar-refractivity contribution in [2.75, 3.05) is 179 Å². The Kier molecular flexibility index (Phi) is 30.9. The van der Waals surface area contributed by atoms with Crippen molar-refractivity contribution >= 4 is 87.3 Å². The van der Waals surface area contributed by atoms with Gasteiger partial charge in [0, 0.05) is 32.8 Å². The summed E-state index contributed by atoms with van der Waals surface area (Å²) in [5, 5.41) is 16.8. The molecular weight excluding hydrogens is 999 g/mol. The Morgan fingerprint density at radius 3 is 0.920 bits per heavy atom. The van der Waals surface area contributed by atoms with Gasteiger partial charge in [-0.1, -0.05) is 0 Å². The van der Waals surface area contributed by atoms with Crippen molar-refractivity contribution in [3.8, 4) is 29.4 Å². The minimum Gasteiger partial charge on any atom is -0.476 e. The molecule has 0 spiro atoms. The molecule has 5 heterocycles. The number of hydrogen-bond donors (Lipinski definition) is 17. The van der Waals surface area contributed by atoms with Crippen LogP contribution in [0.25, 0.3) is 0 Å². The molecule has 0 amide bonds. The van der Waals surface area contributed by atoms with E-state index < -0.39 is 6.79 Å². The van der Waals surface area contributed by atoms with Gasteiger partial charge in [-0.2, -0.15) is 49.8 Å². The molecule has 0 radical (unpaired) electrons. The average molecular weight is 1070 g/mol. The Morgan fingerprint density at radius 2 is 0.600 bits per heavy atom. The maximum Gasteiger partial charge on any atom is 0.246 e. The first-order chi connectivity index (χ1) is 35.7. The highest BCUT2D eigenvalue weighted by molar-refractivity contribution is 5.68. The first-order valence-electron chi connectivity index (χ1n) is 21.9. The van der Waals surface area contributed by atoms with Crippen molar-refractivity contribution < 1.29 is 57.6 Å². The summed E-state index contributed by atoms with van der Waals surface area (Å²) in [5.41, 5.74) is 82.8. The highest BCUT2D eigenvalue weighted by Crippen LogP contribution is 2.27. The van der Waals surface area contributed by atoms with Crippen molar-refractivity contribution in [3.63, 3.8) is 0 Å². The molecule has 0 aromatic carbocycles. The average Bonchev–Trinajstić information content (AvgIpc) is 3.36. The van der Waals surface area contributed by atoms with E-state index in [1.165, 1.54) is 0 Å². The molecule has 5 rings (SSSR count). The number of nitrogens with zero attached hydrogens (tertiary/aromatic N) is 10. The number of nitrogens with two attached hydrogens (primary N) is 15. The van der Waals surface area contributed by atoms with Crippen LogP contribution in [0.3, 0.4) is 0 Å². The summed E-state index contributed by atoms with van der Waals surface area (Å²) >= 11 is 0. The van der Waals surface area contributed by atoms with Crippen LogP contribution < -0.4 is 110 Å². The Bertz CT molecular complexity index is 2290. The SMILES string of the molecule is CCOCCCOc1nc(N)nc(N)c1N.CCOCCOc1nc(N)nc(N)c1N.CCOCOc1nc(N)nc(N)c1N.Nc1nc(N)c(N)c(OCCOCCO)n1.Nc1nc(N)c(N)c(OCOCO)n1. The van der Waals surface area contributed by atoms with E-state index in [1.54, 1.807) is 0 Å². The van der Waals surface area contributed by atoms with Crippen LogP contribution in [0.2, 0.25) is 0 Å². The summed E-state index contributed by atoms with van der Waals surface area (Å²) in [4.78, 5) is 37.2. The number of aliphatic hydroxyl groups excluding tert-OH is 2. The lowest BCUT2D eigenvalue weighted by Crippen LogP contribution is -2.13. The maximum absolute atomic E-state index is 8.46. The van der Waals surface area contributed by atoms with Gasteiger partial charge >= 0.3 is 0 Å². The van der Waals surface area contributed by atoms with Crippen molar-refractivity contribution in [1.29, 1.82) is 0 Å². The molecule has 37 heteroatoms. The fourth-order valence-electron chi connectivity index (χ4n) is 4.46. The van der Waals surface area contributed by atoms with Crippen molar-refractivity contribution in [3.05, 3.63) is 0 Å². The van der Waals surface area contributed by atoms with Crippen LogP contribution in [0, 0.1) is 0 Å². The van der Waals surface area contributed by atoms with E-state index in [2.05, 4.69) is 54.6 Å². The molecule has 75 heavy (non-hydrogen) atoms. The number of rotatable bonds is 25. The zero-order valence-corrected chi connectivity index (χ0v) is 41.7. The van der Waals surface area contributed by atoms with Gasteiger partial charge in [0.2, 0.25) is 59.1 Å². The highest BCUT2D eigenvalue weighted by Gasteiger charge is 2.13. The molecule has 5 aromatic heterocycles. The zero-order chi connectivity index (χ0) is 56.3. The lowest BCUT2D eigenvalue weighted by atomic mass is 10.4. The minimum atomic E-state index is -0.462. The van der Waals surface area contributed by atoms with E-state index in [9.17, 15) is 0 Å². The third kappa shape index (κ3) is 25.4. The van der Waals surface area contributed by atoms with E-state index in [-0.39, 0.29) is 150 Å². The van der Waals surface area contributed by atoms with Crippen LogP contribution in [0.1, 0.15) is 27.2 Å². The van der Waals surface area contributed by atoms with Gasteiger partial charge in [-0.25, -0.2) is 0 Å². The van der Waals surface area contributed by atoms with Gasteiger partial charge in [-0.05, 0) is 20.8 Å². The van der Waals surface area contributed by atoms with Gasteiger partial charge < -0.3 is 144 Å². The molecule has 0 unspecified atom stereocenters. The normalized spacial score (nSPS) is 10.2. The van der Waals surface area contributed by atoms with E-state index in [0.717, 1.165) is 6.42 Å². The maximum atomic E-state index is 8.46. The number of aromatic nitrogens is 10. The Labute approximate surface area is 429 Å². The number of nitrogen functional groups attached to an aromatic ring is 15. The summed E-state index contributed by atoms with van der Waals surface area (Å²) in [5.74, 6) is 1.25. The summed E-state index contributed by atoms with van der Waals surface area (Å²) in [6.07, 6.45) is 0.747. The van der Waals surface area contributed by atoms with E-state index in [1.807, 2.05) is 20.8 Å². The smallest absolute Gasteiger partial charge is 0.246 e. The minimum absolute atomic E-state index is 0.00187. The topological polar surface area (TPSA) is 652 Å². The number of anilines is 15. The molecule has 0 aliphatic carbocycles. The summed E-state index contributed by atoms with van der Waals surface area (Å²) < 4.78 is 50.5. The van der Waals surface area contributed by atoms with Crippen molar-refractivity contribution in [2.24, 2.45) is 0 Å². The zero-order valence-electron chi connectivity index (χ0n) is 41.7. The summed E-state index contributed by atoms with van der Waals surface area (Å²) in [6, 6.07) is 0. The third-order valence-electron chi connectivity index (χ3n) is 7.89. The van der Waals surface area contributed by atoms with Crippen LogP contribution in [-0.2, 0) is 23.7 Å². The second-order valence-electron chi connectivity index (χ2n) is 13.4. The first-order valence-corrected chi connectivity index (χ1v) is 21.9. The fourth-order valence-corrected chi connectivity index (χ4v) is 4.46. The summed E-state index contributed by atoms with van der Waals surface area (Å²) in [6.45, 7) is 9.57. The molecule has 0 saturated heterocycles.